The third kappa shape index (κ3) is 14.5. The number of nitrogens with zero attached hydrogens (tertiary/aromatic N) is 1. The number of hydrogen-bond donors (Lipinski definition) is 0. The first kappa shape index (κ1) is 48.9. The maximum atomic E-state index is 13.6. The van der Waals surface area contributed by atoms with Crippen LogP contribution in [0.15, 0.2) is 57.2 Å². The number of esters is 7. The molecule has 3 saturated carbocycles. The highest BCUT2D eigenvalue weighted by molar-refractivity contribution is 8.24. The molecule has 1 heterocycles. The van der Waals surface area contributed by atoms with Gasteiger partial charge in [0.15, 0.2) is 0 Å². The average Bonchev–Trinajstić information content (AvgIpc) is 3.74. The van der Waals surface area contributed by atoms with E-state index in [1.165, 1.54) is 0 Å². The third-order valence-electron chi connectivity index (χ3n) is 11.5. The monoisotopic (exact) mass is 909 g/mol. The molecular formula is C46H55NO14S2. The van der Waals surface area contributed by atoms with Crippen molar-refractivity contribution >= 4 is 65.3 Å². The van der Waals surface area contributed by atoms with Crippen molar-refractivity contribution in [2.75, 3.05) is 26.4 Å². The first-order valence-electron chi connectivity index (χ1n) is 21.6. The van der Waals surface area contributed by atoms with E-state index in [-0.39, 0.29) is 96.0 Å². The van der Waals surface area contributed by atoms with Crippen LogP contribution in [-0.2, 0) is 57.2 Å². The molecule has 3 aliphatic carbocycles. The summed E-state index contributed by atoms with van der Waals surface area (Å²) in [6.07, 6.45) is 10.3. The molecule has 0 spiro atoms. The molecule has 15 nitrogen and oxygen atoms in total. The lowest BCUT2D eigenvalue weighted by Crippen LogP contribution is -2.33. The zero-order valence-corrected chi connectivity index (χ0v) is 37.2. The van der Waals surface area contributed by atoms with Gasteiger partial charge in [-0.15, -0.1) is 0 Å². The second-order valence-corrected chi connectivity index (χ2v) is 18.3. The number of carbonyl (C=O) groups is 7. The summed E-state index contributed by atoms with van der Waals surface area (Å²) in [5.41, 5.74) is -0.294. The standard InChI is InChI=1S/C46H55NO14S2/c1-5-36(48)55-24-7-8-25-57-41(50)29-14-16-31(17-15-29)42(51)59-33-20-18-32(19-21-33)44(53)61-35-23-22-34(60-43(52)30-12-10-28(3)11-13-30)39-40(35)63-46(62-39)38(47-4)45(54)58-27-9-26-56-37(49)6-2/h5-6,22-23,28-33H,1-2,7-21,24-27H2,3H3/b46-38-. The molecule has 5 rings (SSSR count). The van der Waals surface area contributed by atoms with Gasteiger partial charge in [0.05, 0.1) is 70.7 Å². The van der Waals surface area contributed by atoms with Crippen LogP contribution in [0.25, 0.3) is 4.85 Å². The first-order valence-corrected chi connectivity index (χ1v) is 23.2. The Hall–Kier alpha value is -5.08. The van der Waals surface area contributed by atoms with E-state index < -0.39 is 29.8 Å². The fourth-order valence-electron chi connectivity index (χ4n) is 7.73. The van der Waals surface area contributed by atoms with Crippen molar-refractivity contribution in [1.82, 2.24) is 0 Å². The van der Waals surface area contributed by atoms with Gasteiger partial charge in [0.2, 0.25) is 0 Å². The number of hydrogen-bond acceptors (Lipinski definition) is 16. The van der Waals surface area contributed by atoms with Gasteiger partial charge in [-0.2, -0.15) is 0 Å². The van der Waals surface area contributed by atoms with Gasteiger partial charge in [-0.1, -0.05) is 43.6 Å². The summed E-state index contributed by atoms with van der Waals surface area (Å²) in [5.74, 6) is -3.77. The van der Waals surface area contributed by atoms with E-state index in [9.17, 15) is 33.6 Å². The molecule has 3 fully saturated rings. The van der Waals surface area contributed by atoms with Crippen molar-refractivity contribution < 1.29 is 66.7 Å². The van der Waals surface area contributed by atoms with Crippen molar-refractivity contribution in [2.24, 2.45) is 29.6 Å². The van der Waals surface area contributed by atoms with Crippen molar-refractivity contribution in [3.05, 3.63) is 58.8 Å². The molecule has 0 radical (unpaired) electrons. The molecule has 63 heavy (non-hydrogen) atoms. The molecule has 0 N–H and O–H groups in total. The van der Waals surface area contributed by atoms with Crippen LogP contribution >= 0.6 is 23.5 Å². The van der Waals surface area contributed by atoms with Gasteiger partial charge in [0.25, 0.3) is 5.70 Å². The quantitative estimate of drug-likeness (QED) is 0.0322. The second-order valence-electron chi connectivity index (χ2n) is 16.0. The van der Waals surface area contributed by atoms with Crippen LogP contribution in [0.1, 0.15) is 103 Å². The molecule has 4 aliphatic rings. The highest BCUT2D eigenvalue weighted by Gasteiger charge is 2.37. The molecule has 0 atom stereocenters. The van der Waals surface area contributed by atoms with E-state index in [1.54, 1.807) is 12.1 Å². The van der Waals surface area contributed by atoms with Gasteiger partial charge in [-0.05, 0) is 108 Å². The molecule has 0 amide bonds. The Morgan fingerprint density at radius 3 is 1.54 bits per heavy atom. The third-order valence-corrected chi connectivity index (χ3v) is 14.1. The van der Waals surface area contributed by atoms with Gasteiger partial charge in [-0.3, -0.25) is 24.0 Å². The average molecular weight is 910 g/mol. The van der Waals surface area contributed by atoms with Crippen LogP contribution in [-0.4, -0.2) is 74.3 Å². The Labute approximate surface area is 376 Å². The zero-order chi connectivity index (χ0) is 45.3. The summed E-state index contributed by atoms with van der Waals surface area (Å²) >= 11 is 2.11. The normalized spacial score (nSPS) is 23.6. The summed E-state index contributed by atoms with van der Waals surface area (Å²) in [4.78, 5) is 92.4. The molecule has 340 valence electrons. The smallest absolute Gasteiger partial charge is 0.338 e. The fourth-order valence-corrected chi connectivity index (χ4v) is 10.3. The van der Waals surface area contributed by atoms with E-state index in [4.69, 9.17) is 39.7 Å². The molecule has 1 aromatic carbocycles. The summed E-state index contributed by atoms with van der Waals surface area (Å²) in [6, 6.07) is 3.11. The van der Waals surface area contributed by atoms with E-state index in [2.05, 4.69) is 24.9 Å². The van der Waals surface area contributed by atoms with E-state index >= 15 is 0 Å². The van der Waals surface area contributed by atoms with Gasteiger partial charge >= 0.3 is 41.8 Å². The zero-order valence-electron chi connectivity index (χ0n) is 35.6. The van der Waals surface area contributed by atoms with E-state index in [0.29, 0.717) is 92.8 Å². The molecule has 0 unspecified atom stereocenters. The minimum absolute atomic E-state index is 0.00181. The minimum Gasteiger partial charge on any atom is -0.470 e. The molecule has 0 bridgehead atoms. The van der Waals surface area contributed by atoms with E-state index in [0.717, 1.165) is 48.5 Å². The Bertz CT molecular complexity index is 1950. The number of fused-ring (bicyclic) bond motifs is 1. The highest BCUT2D eigenvalue weighted by Crippen LogP contribution is 2.59. The number of carbonyl (C=O) groups excluding carboxylic acids is 7. The SMILES string of the molecule is [C-]#[N+]/C(C(=O)OCCCOC(=O)C=C)=C1/Sc2c(OC(=O)C3CCC(C)CC3)ccc(OC(=O)C3CCC(OC(=O)C4CCC(C(=O)OCCCCOC(=O)C=C)CC4)CC3)c2S1. The highest BCUT2D eigenvalue weighted by atomic mass is 32.2. The number of ether oxygens (including phenoxy) is 7. The van der Waals surface area contributed by atoms with Gasteiger partial charge in [0.1, 0.15) is 17.6 Å². The van der Waals surface area contributed by atoms with Crippen LogP contribution in [0, 0.1) is 36.2 Å². The largest absolute Gasteiger partial charge is 0.470 e. The Morgan fingerprint density at radius 2 is 1.03 bits per heavy atom. The van der Waals surface area contributed by atoms with Gasteiger partial charge in [0, 0.05) is 18.6 Å². The molecule has 1 aromatic rings. The Balaban J connectivity index is 1.13. The van der Waals surface area contributed by atoms with Crippen molar-refractivity contribution in [3.8, 4) is 11.5 Å². The van der Waals surface area contributed by atoms with E-state index in [1.807, 2.05) is 0 Å². The Morgan fingerprint density at radius 1 is 0.603 bits per heavy atom. The second kappa shape index (κ2) is 24.7. The molecule has 1 aliphatic heterocycles. The topological polar surface area (TPSA) is 188 Å². The van der Waals surface area contributed by atoms with Gasteiger partial charge < -0.3 is 33.2 Å². The lowest BCUT2D eigenvalue weighted by Gasteiger charge is -2.30. The maximum Gasteiger partial charge on any atom is 0.338 e. The van der Waals surface area contributed by atoms with Crippen molar-refractivity contribution in [1.29, 1.82) is 0 Å². The Kier molecular flexibility index (Phi) is 19.2. The minimum atomic E-state index is -0.878. The number of thioether (sulfide) groups is 2. The van der Waals surface area contributed by atoms with Crippen LogP contribution in [0.4, 0.5) is 0 Å². The predicted octanol–water partition coefficient (Wildman–Crippen LogP) is 8.23. The lowest BCUT2D eigenvalue weighted by molar-refractivity contribution is -0.160. The molecule has 0 aromatic heterocycles. The van der Waals surface area contributed by atoms with Crippen molar-refractivity contribution in [2.45, 2.75) is 119 Å². The number of unbranched alkanes of at least 4 members (excludes halogenated alkanes) is 1. The summed E-state index contributed by atoms with van der Waals surface area (Å²) in [7, 11) is 0. The van der Waals surface area contributed by atoms with Crippen LogP contribution in [0.3, 0.4) is 0 Å². The lowest BCUT2D eigenvalue weighted by atomic mass is 9.82. The molecule has 17 heteroatoms. The summed E-state index contributed by atoms with van der Waals surface area (Å²) in [5, 5.41) is 0. The first-order chi connectivity index (χ1) is 30.4. The molecular weight excluding hydrogens is 855 g/mol. The fraction of sp³-hybridized carbons (Fsp3) is 0.565. The van der Waals surface area contributed by atoms with Crippen LogP contribution in [0.5, 0.6) is 11.5 Å². The summed E-state index contributed by atoms with van der Waals surface area (Å²) < 4.78 is 38.6. The predicted molar refractivity (Wildman–Crippen MR) is 230 cm³/mol. The van der Waals surface area contributed by atoms with Crippen molar-refractivity contribution in [3.63, 3.8) is 0 Å². The van der Waals surface area contributed by atoms with Crippen LogP contribution < -0.4 is 9.47 Å². The number of benzene rings is 1. The van der Waals surface area contributed by atoms with Gasteiger partial charge in [-0.25, -0.2) is 14.4 Å². The maximum absolute atomic E-state index is 13.6. The van der Waals surface area contributed by atoms with Crippen LogP contribution in [0.2, 0.25) is 0 Å². The summed E-state index contributed by atoms with van der Waals surface area (Å²) in [6.45, 7) is 17.0. The molecule has 0 saturated heterocycles. The number of rotatable bonds is 19.